The number of hydrogen-bond acceptors (Lipinski definition) is 5. The highest BCUT2D eigenvalue weighted by Gasteiger charge is 2.24. The molecule has 1 N–H and O–H groups in total. The molecule has 0 atom stereocenters. The first kappa shape index (κ1) is 14.4. The Morgan fingerprint density at radius 1 is 1.23 bits per heavy atom. The summed E-state index contributed by atoms with van der Waals surface area (Å²) >= 11 is 0. The lowest BCUT2D eigenvalue weighted by Crippen LogP contribution is -2.27. The zero-order valence-corrected chi connectivity index (χ0v) is 12.3. The van der Waals surface area contributed by atoms with Crippen molar-refractivity contribution in [3.05, 3.63) is 30.6 Å². The Morgan fingerprint density at radius 3 is 2.50 bits per heavy atom. The van der Waals surface area contributed by atoms with E-state index < -0.39 is 0 Å². The Bertz CT molecular complexity index is 682. The second-order valence-corrected chi connectivity index (χ2v) is 5.42. The first-order chi connectivity index (χ1) is 10.6. The molecule has 2 aromatic heterocycles. The van der Waals surface area contributed by atoms with Gasteiger partial charge in [-0.15, -0.1) is 0 Å². The lowest BCUT2D eigenvalue weighted by Gasteiger charge is -2.19. The molecule has 1 aliphatic carbocycles. The van der Waals surface area contributed by atoms with Gasteiger partial charge in [-0.3, -0.25) is 14.2 Å². The maximum absolute atomic E-state index is 12.1. The number of ketones is 1. The lowest BCUT2D eigenvalue weighted by molar-refractivity contribution is -0.125. The molecule has 0 unspecified atom stereocenters. The lowest BCUT2D eigenvalue weighted by atomic mass is 9.88. The molecule has 3 rings (SSSR count). The molecule has 1 fully saturated rings. The van der Waals surface area contributed by atoms with E-state index in [4.69, 9.17) is 0 Å². The van der Waals surface area contributed by atoms with Crippen LogP contribution >= 0.6 is 0 Å². The first-order valence-electron chi connectivity index (χ1n) is 7.28. The highest BCUT2D eigenvalue weighted by molar-refractivity contribution is 5.93. The molecule has 2 heterocycles. The number of aryl methyl sites for hydroxylation is 1. The standard InChI is InChI=1S/C15H17N5O2/c1-10-16-6-7-20(10)15-17-8-12(9-18-15)19-14(22)11-2-4-13(21)5-3-11/h6-9,11H,2-5H2,1H3,(H,19,22). The molecule has 0 spiro atoms. The summed E-state index contributed by atoms with van der Waals surface area (Å²) in [6.45, 7) is 1.86. The van der Waals surface area contributed by atoms with E-state index in [-0.39, 0.29) is 17.6 Å². The number of Topliss-reactive ketones (excluding diaryl/α,β-unsaturated/α-hetero) is 1. The summed E-state index contributed by atoms with van der Waals surface area (Å²) < 4.78 is 1.76. The third-order valence-corrected chi connectivity index (χ3v) is 3.86. The van der Waals surface area contributed by atoms with Crippen molar-refractivity contribution in [3.63, 3.8) is 0 Å². The number of nitrogens with zero attached hydrogens (tertiary/aromatic N) is 4. The van der Waals surface area contributed by atoms with Crippen molar-refractivity contribution in [2.75, 3.05) is 5.32 Å². The average molecular weight is 299 g/mol. The maximum atomic E-state index is 12.1. The van der Waals surface area contributed by atoms with Crippen molar-refractivity contribution in [2.45, 2.75) is 32.6 Å². The molecular formula is C15H17N5O2. The summed E-state index contributed by atoms with van der Waals surface area (Å²) in [5, 5.41) is 2.81. The van der Waals surface area contributed by atoms with E-state index >= 15 is 0 Å². The van der Waals surface area contributed by atoms with Crippen molar-refractivity contribution in [3.8, 4) is 5.95 Å². The molecule has 1 amide bonds. The van der Waals surface area contributed by atoms with Crippen LogP contribution < -0.4 is 5.32 Å². The molecule has 0 aromatic carbocycles. The summed E-state index contributed by atoms with van der Waals surface area (Å²) in [5.74, 6) is 1.38. The van der Waals surface area contributed by atoms with Crippen LogP contribution in [0.3, 0.4) is 0 Å². The molecule has 0 radical (unpaired) electrons. The van der Waals surface area contributed by atoms with Crippen molar-refractivity contribution in [2.24, 2.45) is 5.92 Å². The van der Waals surface area contributed by atoms with Gasteiger partial charge in [-0.25, -0.2) is 15.0 Å². The third kappa shape index (κ3) is 3.03. The molecule has 7 heteroatoms. The Hall–Kier alpha value is -2.57. The highest BCUT2D eigenvalue weighted by atomic mass is 16.2. The number of imidazole rings is 1. The van der Waals surface area contributed by atoms with Crippen LogP contribution in [-0.2, 0) is 9.59 Å². The predicted octanol–water partition coefficient (Wildman–Crippen LogP) is 1.67. The number of nitrogens with one attached hydrogen (secondary N) is 1. The van der Waals surface area contributed by atoms with Crippen LogP contribution in [0.25, 0.3) is 5.95 Å². The first-order valence-corrected chi connectivity index (χ1v) is 7.28. The van der Waals surface area contributed by atoms with Gasteiger partial charge in [0.25, 0.3) is 0 Å². The molecule has 0 aliphatic heterocycles. The van der Waals surface area contributed by atoms with Crippen LogP contribution in [0.4, 0.5) is 5.69 Å². The van der Waals surface area contributed by atoms with Crippen LogP contribution in [0, 0.1) is 12.8 Å². The Balaban J connectivity index is 1.65. The van der Waals surface area contributed by atoms with E-state index in [1.165, 1.54) is 0 Å². The van der Waals surface area contributed by atoms with Gasteiger partial charge in [-0.2, -0.15) is 0 Å². The van der Waals surface area contributed by atoms with Gasteiger partial charge in [0.05, 0.1) is 18.1 Å². The Labute approximate surface area is 127 Å². The van der Waals surface area contributed by atoms with E-state index in [2.05, 4.69) is 20.3 Å². The van der Waals surface area contributed by atoms with E-state index in [1.54, 1.807) is 29.4 Å². The summed E-state index contributed by atoms with van der Waals surface area (Å²) in [6.07, 6.45) is 8.85. The molecule has 0 saturated heterocycles. The number of hydrogen-bond donors (Lipinski definition) is 1. The number of carbonyl (C=O) groups is 2. The SMILES string of the molecule is Cc1nccn1-c1ncc(NC(=O)C2CCC(=O)CC2)cn1. The monoisotopic (exact) mass is 299 g/mol. The number of carbonyl (C=O) groups excluding carboxylic acids is 2. The molecule has 114 valence electrons. The largest absolute Gasteiger partial charge is 0.323 e. The maximum Gasteiger partial charge on any atom is 0.235 e. The van der Waals surface area contributed by atoms with E-state index in [1.807, 2.05) is 6.92 Å². The number of rotatable bonds is 3. The molecule has 2 aromatic rings. The average Bonchev–Trinajstić information content (AvgIpc) is 2.95. The van der Waals surface area contributed by atoms with E-state index in [0.717, 1.165) is 5.82 Å². The zero-order chi connectivity index (χ0) is 15.5. The summed E-state index contributed by atoms with van der Waals surface area (Å²) in [7, 11) is 0. The second kappa shape index (κ2) is 6.05. The molecule has 0 bridgehead atoms. The van der Waals surface area contributed by atoms with Crippen molar-refractivity contribution in [1.29, 1.82) is 0 Å². The molecule has 1 aliphatic rings. The molecule has 7 nitrogen and oxygen atoms in total. The predicted molar refractivity (Wildman–Crippen MR) is 79.5 cm³/mol. The van der Waals surface area contributed by atoms with Gasteiger partial charge >= 0.3 is 0 Å². The van der Waals surface area contributed by atoms with Crippen molar-refractivity contribution in [1.82, 2.24) is 19.5 Å². The van der Waals surface area contributed by atoms with Crippen LogP contribution in [0.5, 0.6) is 0 Å². The minimum Gasteiger partial charge on any atom is -0.323 e. The van der Waals surface area contributed by atoms with Gasteiger partial charge in [0.2, 0.25) is 11.9 Å². The van der Waals surface area contributed by atoms with Crippen LogP contribution in [0.1, 0.15) is 31.5 Å². The Morgan fingerprint density at radius 2 is 1.91 bits per heavy atom. The fourth-order valence-corrected chi connectivity index (χ4v) is 2.55. The smallest absolute Gasteiger partial charge is 0.235 e. The van der Waals surface area contributed by atoms with Gasteiger partial charge in [0.15, 0.2) is 0 Å². The topological polar surface area (TPSA) is 89.8 Å². The summed E-state index contributed by atoms with van der Waals surface area (Å²) in [6, 6.07) is 0. The minimum absolute atomic E-state index is 0.0670. The van der Waals surface area contributed by atoms with Crippen LogP contribution in [0.15, 0.2) is 24.8 Å². The molecule has 1 saturated carbocycles. The summed E-state index contributed by atoms with van der Waals surface area (Å²) in [5.41, 5.74) is 0.559. The fourth-order valence-electron chi connectivity index (χ4n) is 2.55. The minimum atomic E-state index is -0.103. The van der Waals surface area contributed by atoms with Gasteiger partial charge in [-0.05, 0) is 19.8 Å². The highest BCUT2D eigenvalue weighted by Crippen LogP contribution is 2.22. The van der Waals surface area contributed by atoms with Crippen LogP contribution in [-0.4, -0.2) is 31.2 Å². The van der Waals surface area contributed by atoms with Gasteiger partial charge in [0.1, 0.15) is 11.6 Å². The molecule has 22 heavy (non-hydrogen) atoms. The number of anilines is 1. The number of aromatic nitrogens is 4. The van der Waals surface area contributed by atoms with Crippen molar-refractivity contribution >= 4 is 17.4 Å². The van der Waals surface area contributed by atoms with Gasteiger partial charge < -0.3 is 5.32 Å². The number of amides is 1. The normalized spacial score (nSPS) is 15.8. The van der Waals surface area contributed by atoms with Gasteiger partial charge in [0, 0.05) is 31.2 Å². The van der Waals surface area contributed by atoms with Crippen molar-refractivity contribution < 1.29 is 9.59 Å². The van der Waals surface area contributed by atoms with Gasteiger partial charge in [-0.1, -0.05) is 0 Å². The summed E-state index contributed by atoms with van der Waals surface area (Å²) in [4.78, 5) is 35.9. The Kier molecular flexibility index (Phi) is 3.95. The fraction of sp³-hybridized carbons (Fsp3) is 0.400. The zero-order valence-electron chi connectivity index (χ0n) is 12.3. The van der Waals surface area contributed by atoms with E-state index in [9.17, 15) is 9.59 Å². The third-order valence-electron chi connectivity index (χ3n) is 3.86. The van der Waals surface area contributed by atoms with Crippen LogP contribution in [0.2, 0.25) is 0 Å². The van der Waals surface area contributed by atoms with E-state index in [0.29, 0.717) is 37.3 Å². The molecular weight excluding hydrogens is 282 g/mol. The second-order valence-electron chi connectivity index (χ2n) is 5.42. The quantitative estimate of drug-likeness (QED) is 0.931.